The van der Waals surface area contributed by atoms with E-state index in [4.69, 9.17) is 0 Å². The van der Waals surface area contributed by atoms with Crippen molar-refractivity contribution >= 4 is 17.6 Å². The third-order valence-corrected chi connectivity index (χ3v) is 4.03. The van der Waals surface area contributed by atoms with Crippen molar-refractivity contribution in [1.29, 1.82) is 0 Å². The molecule has 2 amide bonds. The Kier molecular flexibility index (Phi) is 6.37. The highest BCUT2D eigenvalue weighted by atomic mass is 16.2. The number of imide groups is 1. The van der Waals surface area contributed by atoms with E-state index in [1.165, 1.54) is 4.90 Å². The molecule has 0 spiro atoms. The highest BCUT2D eigenvalue weighted by Crippen LogP contribution is 2.26. The fourth-order valence-corrected chi connectivity index (χ4v) is 2.50. The molecule has 0 N–H and O–H groups in total. The number of hydrogen-bond donors (Lipinski definition) is 0. The minimum Gasteiger partial charge on any atom is -0.299 e. The van der Waals surface area contributed by atoms with Gasteiger partial charge in [0.05, 0.1) is 0 Å². The van der Waals surface area contributed by atoms with E-state index in [0.29, 0.717) is 19.4 Å². The first kappa shape index (κ1) is 16.9. The highest BCUT2D eigenvalue weighted by molar-refractivity contribution is 6.03. The molecule has 0 aromatic heterocycles. The first-order valence-electron chi connectivity index (χ1n) is 7.71. The average Bonchev–Trinajstić information content (AvgIpc) is 2.65. The first-order valence-corrected chi connectivity index (χ1v) is 7.71. The van der Waals surface area contributed by atoms with Gasteiger partial charge in [0, 0.05) is 31.2 Å². The summed E-state index contributed by atoms with van der Waals surface area (Å²) in [6.07, 6.45) is 3.51. The van der Waals surface area contributed by atoms with Crippen LogP contribution in [0.4, 0.5) is 0 Å². The summed E-state index contributed by atoms with van der Waals surface area (Å²) in [5, 5.41) is 0. The fraction of sp³-hybridized carbons (Fsp3) is 0.812. The number of unbranched alkanes of at least 4 members (excludes halogenated alkanes) is 2. The number of rotatable bonds is 8. The van der Waals surface area contributed by atoms with Crippen LogP contribution >= 0.6 is 0 Å². The van der Waals surface area contributed by atoms with Crippen LogP contribution in [0.3, 0.4) is 0 Å². The Morgan fingerprint density at radius 1 is 1.15 bits per heavy atom. The van der Waals surface area contributed by atoms with E-state index in [1.54, 1.807) is 0 Å². The van der Waals surface area contributed by atoms with E-state index in [-0.39, 0.29) is 35.4 Å². The second-order valence-corrected chi connectivity index (χ2v) is 6.37. The van der Waals surface area contributed by atoms with Gasteiger partial charge in [0.1, 0.15) is 5.78 Å². The van der Waals surface area contributed by atoms with E-state index in [2.05, 4.69) is 0 Å². The molecule has 0 aromatic carbocycles. The monoisotopic (exact) mass is 281 g/mol. The van der Waals surface area contributed by atoms with Crippen molar-refractivity contribution < 1.29 is 14.4 Å². The molecule has 1 aliphatic rings. The standard InChI is InChI=1S/C16H27NO3/c1-11(2)13-10-15(19)17(16(13)20)9-7-5-6-8-14(18)12(3)4/h11-13H,5-10H2,1-4H3/t13-/m0/s1. The summed E-state index contributed by atoms with van der Waals surface area (Å²) in [5.41, 5.74) is 0. The van der Waals surface area contributed by atoms with Crippen LogP contribution < -0.4 is 0 Å². The lowest BCUT2D eigenvalue weighted by Crippen LogP contribution is -2.32. The quantitative estimate of drug-likeness (QED) is 0.508. The molecule has 1 rings (SSSR count). The Labute approximate surface area is 121 Å². The maximum Gasteiger partial charge on any atom is 0.233 e. The topological polar surface area (TPSA) is 54.5 Å². The van der Waals surface area contributed by atoms with Gasteiger partial charge < -0.3 is 0 Å². The molecule has 0 bridgehead atoms. The van der Waals surface area contributed by atoms with Gasteiger partial charge in [-0.1, -0.05) is 34.1 Å². The number of Topliss-reactive ketones (excluding diaryl/α,β-unsaturated/α-hetero) is 1. The van der Waals surface area contributed by atoms with Crippen LogP contribution in [0.2, 0.25) is 0 Å². The third-order valence-electron chi connectivity index (χ3n) is 4.03. The smallest absolute Gasteiger partial charge is 0.233 e. The molecule has 1 atom stereocenters. The molecule has 0 unspecified atom stereocenters. The minimum atomic E-state index is -0.134. The van der Waals surface area contributed by atoms with Crippen LogP contribution in [-0.4, -0.2) is 29.0 Å². The SMILES string of the molecule is CC(C)C(=O)CCCCCN1C(=O)C[C@@H](C(C)C)C1=O. The maximum absolute atomic E-state index is 12.1. The van der Waals surface area contributed by atoms with E-state index >= 15 is 0 Å². The summed E-state index contributed by atoms with van der Waals surface area (Å²) in [5.74, 6) is 0.432. The van der Waals surface area contributed by atoms with Gasteiger partial charge in [0.25, 0.3) is 0 Å². The summed E-state index contributed by atoms with van der Waals surface area (Å²) < 4.78 is 0. The van der Waals surface area contributed by atoms with Gasteiger partial charge in [0.2, 0.25) is 11.8 Å². The Morgan fingerprint density at radius 2 is 1.80 bits per heavy atom. The zero-order valence-electron chi connectivity index (χ0n) is 13.1. The van der Waals surface area contributed by atoms with Crippen LogP contribution in [0.1, 0.15) is 59.8 Å². The van der Waals surface area contributed by atoms with Crippen molar-refractivity contribution in [2.24, 2.45) is 17.8 Å². The first-order chi connectivity index (χ1) is 9.34. The van der Waals surface area contributed by atoms with Crippen molar-refractivity contribution in [2.75, 3.05) is 6.54 Å². The molecular formula is C16H27NO3. The molecule has 4 nitrogen and oxygen atoms in total. The summed E-state index contributed by atoms with van der Waals surface area (Å²) in [6, 6.07) is 0. The molecule has 20 heavy (non-hydrogen) atoms. The van der Waals surface area contributed by atoms with Crippen molar-refractivity contribution in [3.8, 4) is 0 Å². The van der Waals surface area contributed by atoms with Gasteiger partial charge in [-0.2, -0.15) is 0 Å². The summed E-state index contributed by atoms with van der Waals surface area (Å²) in [6.45, 7) is 8.30. The van der Waals surface area contributed by atoms with E-state index in [0.717, 1.165) is 19.3 Å². The van der Waals surface area contributed by atoms with Gasteiger partial charge in [0.15, 0.2) is 0 Å². The van der Waals surface area contributed by atoms with Crippen LogP contribution in [-0.2, 0) is 14.4 Å². The maximum atomic E-state index is 12.1. The van der Waals surface area contributed by atoms with Gasteiger partial charge in [-0.3, -0.25) is 19.3 Å². The Morgan fingerprint density at radius 3 is 2.30 bits per heavy atom. The Balaban J connectivity index is 2.27. The number of likely N-dealkylation sites (tertiary alicyclic amines) is 1. The summed E-state index contributed by atoms with van der Waals surface area (Å²) in [7, 11) is 0. The lowest BCUT2D eigenvalue weighted by Gasteiger charge is -2.16. The zero-order chi connectivity index (χ0) is 15.3. The molecule has 1 saturated heterocycles. The van der Waals surface area contributed by atoms with Crippen molar-refractivity contribution in [3.63, 3.8) is 0 Å². The van der Waals surface area contributed by atoms with E-state index in [9.17, 15) is 14.4 Å². The van der Waals surface area contributed by atoms with Crippen LogP contribution in [0, 0.1) is 17.8 Å². The van der Waals surface area contributed by atoms with Crippen LogP contribution in [0.15, 0.2) is 0 Å². The largest absolute Gasteiger partial charge is 0.299 e. The molecule has 0 saturated carbocycles. The molecule has 4 heteroatoms. The van der Waals surface area contributed by atoms with Gasteiger partial charge in [-0.05, 0) is 18.8 Å². The summed E-state index contributed by atoms with van der Waals surface area (Å²) >= 11 is 0. The average molecular weight is 281 g/mol. The zero-order valence-corrected chi connectivity index (χ0v) is 13.1. The Hall–Kier alpha value is -1.19. The highest BCUT2D eigenvalue weighted by Gasteiger charge is 2.39. The molecule has 0 radical (unpaired) electrons. The number of ketones is 1. The van der Waals surface area contributed by atoms with Crippen molar-refractivity contribution in [1.82, 2.24) is 4.90 Å². The number of carbonyl (C=O) groups excluding carboxylic acids is 3. The predicted molar refractivity (Wildman–Crippen MR) is 78.0 cm³/mol. The predicted octanol–water partition coefficient (Wildman–Crippen LogP) is 2.80. The van der Waals surface area contributed by atoms with E-state index < -0.39 is 0 Å². The van der Waals surface area contributed by atoms with Crippen molar-refractivity contribution in [3.05, 3.63) is 0 Å². The summed E-state index contributed by atoms with van der Waals surface area (Å²) in [4.78, 5) is 36.8. The number of carbonyl (C=O) groups is 3. The molecule has 1 heterocycles. The van der Waals surface area contributed by atoms with Gasteiger partial charge in [-0.15, -0.1) is 0 Å². The minimum absolute atomic E-state index is 0.0109. The molecule has 114 valence electrons. The van der Waals surface area contributed by atoms with Crippen molar-refractivity contribution in [2.45, 2.75) is 59.8 Å². The molecule has 0 aromatic rings. The lowest BCUT2D eigenvalue weighted by molar-refractivity contribution is -0.139. The van der Waals surface area contributed by atoms with Crippen LogP contribution in [0.25, 0.3) is 0 Å². The third kappa shape index (κ3) is 4.43. The van der Waals surface area contributed by atoms with E-state index in [1.807, 2.05) is 27.7 Å². The second-order valence-electron chi connectivity index (χ2n) is 6.37. The molecule has 1 aliphatic heterocycles. The Bertz CT molecular complexity index is 374. The number of hydrogen-bond acceptors (Lipinski definition) is 3. The van der Waals surface area contributed by atoms with Gasteiger partial charge >= 0.3 is 0 Å². The number of nitrogens with zero attached hydrogens (tertiary/aromatic N) is 1. The number of amides is 2. The molecule has 0 aliphatic carbocycles. The fourth-order valence-electron chi connectivity index (χ4n) is 2.50. The van der Waals surface area contributed by atoms with Crippen LogP contribution in [0.5, 0.6) is 0 Å². The molecule has 1 fully saturated rings. The van der Waals surface area contributed by atoms with Gasteiger partial charge in [-0.25, -0.2) is 0 Å². The lowest BCUT2D eigenvalue weighted by atomic mass is 9.94. The second kappa shape index (κ2) is 7.55. The molecular weight excluding hydrogens is 254 g/mol. The normalized spacial score (nSPS) is 19.5.